The van der Waals surface area contributed by atoms with E-state index in [4.69, 9.17) is 10.5 Å². The summed E-state index contributed by atoms with van der Waals surface area (Å²) in [6.45, 7) is 2.10. The Bertz CT molecular complexity index is 866. The minimum Gasteiger partial charge on any atom is -0.394 e. The SMILES string of the molecule is CC1C[C@@H](CO)O[C@H]1n1cc(-c2ncccn2)c2c(N)ncnc21. The van der Waals surface area contributed by atoms with Crippen molar-refractivity contribution in [2.75, 3.05) is 12.3 Å². The van der Waals surface area contributed by atoms with E-state index >= 15 is 0 Å². The molecule has 0 amide bonds. The summed E-state index contributed by atoms with van der Waals surface area (Å²) in [5, 5.41) is 10.1. The highest BCUT2D eigenvalue weighted by Gasteiger charge is 2.34. The molecule has 0 bridgehead atoms. The molecule has 24 heavy (non-hydrogen) atoms. The Kier molecular flexibility index (Phi) is 3.62. The van der Waals surface area contributed by atoms with E-state index in [-0.39, 0.29) is 24.9 Å². The predicted molar refractivity (Wildman–Crippen MR) is 87.7 cm³/mol. The molecule has 3 aromatic heterocycles. The Hall–Kier alpha value is -2.58. The second-order valence-electron chi connectivity index (χ2n) is 6.02. The lowest BCUT2D eigenvalue weighted by Crippen LogP contribution is -2.15. The molecule has 1 fully saturated rings. The quantitative estimate of drug-likeness (QED) is 0.748. The lowest BCUT2D eigenvalue weighted by Gasteiger charge is -2.18. The number of nitrogen functional groups attached to an aromatic ring is 1. The van der Waals surface area contributed by atoms with E-state index in [1.165, 1.54) is 6.33 Å². The molecule has 0 aliphatic carbocycles. The minimum absolute atomic E-state index is 0.00577. The molecule has 0 spiro atoms. The summed E-state index contributed by atoms with van der Waals surface area (Å²) >= 11 is 0. The summed E-state index contributed by atoms with van der Waals surface area (Å²) in [6, 6.07) is 1.76. The van der Waals surface area contributed by atoms with Gasteiger partial charge in [0.05, 0.1) is 23.7 Å². The highest BCUT2D eigenvalue weighted by molar-refractivity contribution is 5.99. The Morgan fingerprint density at radius 1 is 1.29 bits per heavy atom. The molecule has 4 heterocycles. The number of fused-ring (bicyclic) bond motifs is 1. The Balaban J connectivity index is 1.90. The molecule has 0 saturated carbocycles. The maximum absolute atomic E-state index is 9.39. The van der Waals surface area contributed by atoms with Crippen LogP contribution in [0.1, 0.15) is 19.6 Å². The van der Waals surface area contributed by atoms with Crippen LogP contribution in [0.2, 0.25) is 0 Å². The Labute approximate surface area is 138 Å². The predicted octanol–water partition coefficient (Wildman–Crippen LogP) is 1.39. The second-order valence-corrected chi connectivity index (χ2v) is 6.02. The topological polar surface area (TPSA) is 112 Å². The average molecular weight is 326 g/mol. The van der Waals surface area contributed by atoms with Gasteiger partial charge in [0.15, 0.2) is 5.82 Å². The molecule has 8 nitrogen and oxygen atoms in total. The van der Waals surface area contributed by atoms with Gasteiger partial charge < -0.3 is 20.1 Å². The van der Waals surface area contributed by atoms with Crippen LogP contribution in [0.3, 0.4) is 0 Å². The average Bonchev–Trinajstić information content (AvgIpc) is 3.17. The van der Waals surface area contributed by atoms with E-state index in [1.54, 1.807) is 18.5 Å². The molecule has 1 unspecified atom stereocenters. The zero-order chi connectivity index (χ0) is 16.7. The van der Waals surface area contributed by atoms with E-state index < -0.39 is 0 Å². The van der Waals surface area contributed by atoms with Crippen LogP contribution in [0.25, 0.3) is 22.4 Å². The lowest BCUT2D eigenvalue weighted by atomic mass is 10.1. The van der Waals surface area contributed by atoms with Crippen LogP contribution in [-0.2, 0) is 4.74 Å². The van der Waals surface area contributed by atoms with Crippen LogP contribution in [0.5, 0.6) is 0 Å². The number of hydrogen-bond acceptors (Lipinski definition) is 7. The first-order valence-electron chi connectivity index (χ1n) is 7.83. The number of aliphatic hydroxyl groups is 1. The van der Waals surface area contributed by atoms with Crippen molar-refractivity contribution in [2.24, 2.45) is 5.92 Å². The van der Waals surface area contributed by atoms with Crippen molar-refractivity contribution in [3.05, 3.63) is 31.0 Å². The van der Waals surface area contributed by atoms with Gasteiger partial charge >= 0.3 is 0 Å². The van der Waals surface area contributed by atoms with Gasteiger partial charge in [0.1, 0.15) is 24.0 Å². The van der Waals surface area contributed by atoms with Crippen molar-refractivity contribution in [1.29, 1.82) is 0 Å². The van der Waals surface area contributed by atoms with Crippen molar-refractivity contribution < 1.29 is 9.84 Å². The third-order valence-electron chi connectivity index (χ3n) is 4.38. The summed E-state index contributed by atoms with van der Waals surface area (Å²) in [5.41, 5.74) is 7.54. The van der Waals surface area contributed by atoms with Crippen molar-refractivity contribution in [2.45, 2.75) is 25.7 Å². The molecule has 3 aromatic rings. The van der Waals surface area contributed by atoms with E-state index in [2.05, 4.69) is 26.9 Å². The normalized spacial score (nSPS) is 23.8. The van der Waals surface area contributed by atoms with E-state index in [0.717, 1.165) is 12.0 Å². The largest absolute Gasteiger partial charge is 0.394 e. The zero-order valence-electron chi connectivity index (χ0n) is 13.2. The summed E-state index contributed by atoms with van der Waals surface area (Å²) in [5.74, 6) is 1.18. The maximum Gasteiger partial charge on any atom is 0.161 e. The molecular weight excluding hydrogens is 308 g/mol. The summed E-state index contributed by atoms with van der Waals surface area (Å²) < 4.78 is 7.92. The first-order chi connectivity index (χ1) is 11.7. The molecule has 0 aromatic carbocycles. The van der Waals surface area contributed by atoms with Crippen molar-refractivity contribution in [1.82, 2.24) is 24.5 Å². The number of nitrogens with two attached hydrogens (primary N) is 1. The molecule has 124 valence electrons. The third-order valence-corrected chi connectivity index (χ3v) is 4.38. The zero-order valence-corrected chi connectivity index (χ0v) is 13.2. The Morgan fingerprint density at radius 2 is 2.08 bits per heavy atom. The van der Waals surface area contributed by atoms with Crippen LogP contribution in [0.15, 0.2) is 31.0 Å². The van der Waals surface area contributed by atoms with E-state index in [9.17, 15) is 5.11 Å². The van der Waals surface area contributed by atoms with Gasteiger partial charge in [0.2, 0.25) is 0 Å². The van der Waals surface area contributed by atoms with Crippen LogP contribution < -0.4 is 5.73 Å². The molecular formula is C16H18N6O2. The minimum atomic E-state index is -0.226. The highest BCUT2D eigenvalue weighted by atomic mass is 16.5. The van der Waals surface area contributed by atoms with Gasteiger partial charge in [-0.15, -0.1) is 0 Å². The number of aromatic nitrogens is 5. The molecule has 3 atom stereocenters. The summed E-state index contributed by atoms with van der Waals surface area (Å²) in [6.07, 6.45) is 7.11. The highest BCUT2D eigenvalue weighted by Crippen LogP contribution is 2.39. The van der Waals surface area contributed by atoms with Gasteiger partial charge in [-0.1, -0.05) is 6.92 Å². The Morgan fingerprint density at radius 3 is 2.79 bits per heavy atom. The first kappa shape index (κ1) is 15.0. The van der Waals surface area contributed by atoms with Crippen molar-refractivity contribution >= 4 is 16.9 Å². The fourth-order valence-corrected chi connectivity index (χ4v) is 3.29. The van der Waals surface area contributed by atoms with Crippen LogP contribution in [-0.4, -0.2) is 42.3 Å². The molecule has 1 aliphatic heterocycles. The maximum atomic E-state index is 9.39. The summed E-state index contributed by atoms with van der Waals surface area (Å²) in [7, 11) is 0. The smallest absolute Gasteiger partial charge is 0.161 e. The molecule has 3 N–H and O–H groups in total. The van der Waals surface area contributed by atoms with Gasteiger partial charge in [-0.3, -0.25) is 0 Å². The number of hydrogen-bond donors (Lipinski definition) is 2. The van der Waals surface area contributed by atoms with Crippen LogP contribution in [0, 0.1) is 5.92 Å². The lowest BCUT2D eigenvalue weighted by molar-refractivity contribution is -0.0291. The number of ether oxygens (including phenoxy) is 1. The third kappa shape index (κ3) is 2.31. The second kappa shape index (κ2) is 5.81. The number of aliphatic hydroxyl groups excluding tert-OH is 1. The van der Waals surface area contributed by atoms with Crippen molar-refractivity contribution in [3.63, 3.8) is 0 Å². The number of rotatable bonds is 3. The van der Waals surface area contributed by atoms with Gasteiger partial charge in [0, 0.05) is 24.5 Å². The fraction of sp³-hybridized carbons (Fsp3) is 0.375. The number of anilines is 1. The molecule has 1 saturated heterocycles. The summed E-state index contributed by atoms with van der Waals surface area (Å²) in [4.78, 5) is 17.1. The standard InChI is InChI=1S/C16H18N6O2/c1-9-5-10(7-23)24-16(9)22-6-11(14-18-3-2-4-19-14)12-13(17)20-8-21-15(12)22/h2-4,6,8-10,16,23H,5,7H2,1H3,(H2,17,20,21)/t9?,10-,16+/m0/s1. The van der Waals surface area contributed by atoms with Crippen molar-refractivity contribution in [3.8, 4) is 11.4 Å². The molecule has 1 aliphatic rings. The monoisotopic (exact) mass is 326 g/mol. The molecule has 4 rings (SSSR count). The first-order valence-corrected chi connectivity index (χ1v) is 7.83. The molecule has 8 heteroatoms. The van der Waals surface area contributed by atoms with E-state index in [1.807, 2.05) is 10.8 Å². The van der Waals surface area contributed by atoms with Crippen LogP contribution in [0.4, 0.5) is 5.82 Å². The van der Waals surface area contributed by atoms with Gasteiger partial charge in [-0.05, 0) is 12.5 Å². The van der Waals surface area contributed by atoms with Gasteiger partial charge in [0.25, 0.3) is 0 Å². The van der Waals surface area contributed by atoms with Crippen LogP contribution >= 0.6 is 0 Å². The number of nitrogens with zero attached hydrogens (tertiary/aromatic N) is 5. The fourth-order valence-electron chi connectivity index (χ4n) is 3.29. The van der Waals surface area contributed by atoms with E-state index in [0.29, 0.717) is 22.7 Å². The molecule has 0 radical (unpaired) electrons. The van der Waals surface area contributed by atoms with Gasteiger partial charge in [-0.2, -0.15) is 0 Å². The van der Waals surface area contributed by atoms with Gasteiger partial charge in [-0.25, -0.2) is 19.9 Å².